The average Bonchev–Trinajstić information content (AvgIpc) is 3.12. The van der Waals surface area contributed by atoms with Crippen LogP contribution < -0.4 is 15.5 Å². The third-order valence-electron chi connectivity index (χ3n) is 4.56. The molecule has 3 amide bonds. The summed E-state index contributed by atoms with van der Waals surface area (Å²) >= 11 is 0. The maximum absolute atomic E-state index is 12.1. The molecule has 0 radical (unpaired) electrons. The molecule has 1 aromatic rings. The molecule has 2 aliphatic rings. The number of carbonyl (C=O) groups is 3. The van der Waals surface area contributed by atoms with Crippen LogP contribution in [0.4, 0.5) is 11.4 Å². The molecule has 134 valence electrons. The van der Waals surface area contributed by atoms with E-state index in [1.165, 1.54) is 6.92 Å². The number of ether oxygens (including phenoxy) is 1. The molecular weight excluding hydrogens is 322 g/mol. The summed E-state index contributed by atoms with van der Waals surface area (Å²) in [5.41, 5.74) is 2.38. The lowest BCUT2D eigenvalue weighted by Crippen LogP contribution is -2.39. The molecular formula is C18H23N3O4. The van der Waals surface area contributed by atoms with Gasteiger partial charge in [-0.25, -0.2) is 0 Å². The zero-order chi connectivity index (χ0) is 17.8. The van der Waals surface area contributed by atoms with E-state index in [-0.39, 0.29) is 12.0 Å². The molecule has 2 N–H and O–H groups in total. The molecule has 25 heavy (non-hydrogen) atoms. The van der Waals surface area contributed by atoms with Crippen LogP contribution in [0.15, 0.2) is 18.2 Å². The van der Waals surface area contributed by atoms with E-state index in [0.717, 1.165) is 36.9 Å². The highest BCUT2D eigenvalue weighted by Crippen LogP contribution is 2.30. The van der Waals surface area contributed by atoms with Gasteiger partial charge in [0.1, 0.15) is 0 Å². The summed E-state index contributed by atoms with van der Waals surface area (Å²) in [6.07, 6.45) is 3.69. The Kier molecular flexibility index (Phi) is 5.33. The van der Waals surface area contributed by atoms with Crippen molar-refractivity contribution >= 4 is 29.1 Å². The predicted molar refractivity (Wildman–Crippen MR) is 93.4 cm³/mol. The SMILES string of the molecule is CC(=O)N1CCCc2ccc(NC(=O)C(=O)NCC3CCCO3)cc21. The summed E-state index contributed by atoms with van der Waals surface area (Å²) in [5, 5.41) is 5.19. The number of aryl methyl sites for hydroxylation is 1. The number of anilines is 2. The number of nitrogens with one attached hydrogen (secondary N) is 2. The van der Waals surface area contributed by atoms with Crippen LogP contribution in [0.3, 0.4) is 0 Å². The molecule has 0 aromatic heterocycles. The third-order valence-corrected chi connectivity index (χ3v) is 4.56. The van der Waals surface area contributed by atoms with Crippen molar-refractivity contribution in [3.63, 3.8) is 0 Å². The minimum atomic E-state index is -0.719. The lowest BCUT2D eigenvalue weighted by molar-refractivity contribution is -0.136. The quantitative estimate of drug-likeness (QED) is 0.807. The Balaban J connectivity index is 1.62. The van der Waals surface area contributed by atoms with Gasteiger partial charge in [0.15, 0.2) is 0 Å². The van der Waals surface area contributed by atoms with E-state index < -0.39 is 11.8 Å². The average molecular weight is 345 g/mol. The smallest absolute Gasteiger partial charge is 0.313 e. The summed E-state index contributed by atoms with van der Waals surface area (Å²) in [6, 6.07) is 5.40. The van der Waals surface area contributed by atoms with Crippen molar-refractivity contribution < 1.29 is 19.1 Å². The van der Waals surface area contributed by atoms with Crippen LogP contribution in [-0.4, -0.2) is 43.5 Å². The number of rotatable bonds is 3. The first kappa shape index (κ1) is 17.4. The van der Waals surface area contributed by atoms with Gasteiger partial charge in [-0.1, -0.05) is 6.07 Å². The van der Waals surface area contributed by atoms with Crippen molar-refractivity contribution in [1.82, 2.24) is 5.32 Å². The standard InChI is InChI=1S/C18H23N3O4/c1-12(22)21-8-2-4-13-6-7-14(10-16(13)21)20-18(24)17(23)19-11-15-5-3-9-25-15/h6-7,10,15H,2-5,8-9,11H2,1H3,(H,19,23)(H,20,24). The van der Waals surface area contributed by atoms with Gasteiger partial charge in [-0.2, -0.15) is 0 Å². The molecule has 7 nitrogen and oxygen atoms in total. The van der Waals surface area contributed by atoms with Gasteiger partial charge in [-0.3, -0.25) is 14.4 Å². The second kappa shape index (κ2) is 7.65. The third kappa shape index (κ3) is 4.17. The molecule has 1 fully saturated rings. The van der Waals surface area contributed by atoms with Crippen LogP contribution in [0.2, 0.25) is 0 Å². The van der Waals surface area contributed by atoms with E-state index in [0.29, 0.717) is 25.4 Å². The number of benzene rings is 1. The van der Waals surface area contributed by atoms with Crippen molar-refractivity contribution in [3.05, 3.63) is 23.8 Å². The lowest BCUT2D eigenvalue weighted by atomic mass is 10.0. The van der Waals surface area contributed by atoms with Crippen molar-refractivity contribution in [3.8, 4) is 0 Å². The number of fused-ring (bicyclic) bond motifs is 1. The van der Waals surface area contributed by atoms with E-state index in [1.54, 1.807) is 17.0 Å². The largest absolute Gasteiger partial charge is 0.376 e. The molecule has 0 spiro atoms. The fraction of sp³-hybridized carbons (Fsp3) is 0.500. The van der Waals surface area contributed by atoms with Crippen LogP contribution in [0, 0.1) is 0 Å². The Hall–Kier alpha value is -2.41. The lowest BCUT2D eigenvalue weighted by Gasteiger charge is -2.29. The molecule has 1 saturated heterocycles. The molecule has 1 atom stereocenters. The topological polar surface area (TPSA) is 87.7 Å². The number of nitrogens with zero attached hydrogens (tertiary/aromatic N) is 1. The molecule has 0 bridgehead atoms. The van der Waals surface area contributed by atoms with Gasteiger partial charge < -0.3 is 20.3 Å². The zero-order valence-corrected chi connectivity index (χ0v) is 14.3. The van der Waals surface area contributed by atoms with Crippen molar-refractivity contribution in [2.45, 2.75) is 38.7 Å². The molecule has 2 heterocycles. The highest BCUT2D eigenvalue weighted by atomic mass is 16.5. The Morgan fingerprint density at radius 3 is 2.80 bits per heavy atom. The fourth-order valence-corrected chi connectivity index (χ4v) is 3.26. The summed E-state index contributed by atoms with van der Waals surface area (Å²) in [7, 11) is 0. The van der Waals surface area contributed by atoms with Gasteiger partial charge in [0.2, 0.25) is 5.91 Å². The Morgan fingerprint density at radius 1 is 1.24 bits per heavy atom. The Labute approximate surface area is 146 Å². The predicted octanol–water partition coefficient (Wildman–Crippen LogP) is 1.22. The van der Waals surface area contributed by atoms with Gasteiger partial charge in [-0.15, -0.1) is 0 Å². The van der Waals surface area contributed by atoms with Gasteiger partial charge in [0.05, 0.1) is 6.10 Å². The summed E-state index contributed by atoms with van der Waals surface area (Å²) in [5.74, 6) is -1.43. The minimum absolute atomic E-state index is 0.00961. The highest BCUT2D eigenvalue weighted by molar-refractivity contribution is 6.39. The van der Waals surface area contributed by atoms with Crippen LogP contribution in [0.5, 0.6) is 0 Å². The van der Waals surface area contributed by atoms with Crippen LogP contribution >= 0.6 is 0 Å². The van der Waals surface area contributed by atoms with E-state index in [4.69, 9.17) is 4.74 Å². The summed E-state index contributed by atoms with van der Waals surface area (Å²) < 4.78 is 5.41. The monoisotopic (exact) mass is 345 g/mol. The fourth-order valence-electron chi connectivity index (χ4n) is 3.26. The van der Waals surface area contributed by atoms with Gasteiger partial charge >= 0.3 is 11.8 Å². The number of hydrogen-bond acceptors (Lipinski definition) is 4. The Morgan fingerprint density at radius 2 is 2.08 bits per heavy atom. The second-order valence-electron chi connectivity index (χ2n) is 6.42. The minimum Gasteiger partial charge on any atom is -0.376 e. The number of carbonyl (C=O) groups excluding carboxylic acids is 3. The molecule has 2 aliphatic heterocycles. The van der Waals surface area contributed by atoms with E-state index >= 15 is 0 Å². The van der Waals surface area contributed by atoms with Crippen molar-refractivity contribution in [2.24, 2.45) is 0 Å². The molecule has 1 aromatic carbocycles. The molecule has 0 saturated carbocycles. The van der Waals surface area contributed by atoms with Gasteiger partial charge in [0.25, 0.3) is 0 Å². The molecule has 0 aliphatic carbocycles. The normalized spacial score (nSPS) is 19.2. The first-order valence-electron chi connectivity index (χ1n) is 8.66. The Bertz CT molecular complexity index is 683. The molecule has 1 unspecified atom stereocenters. The first-order chi connectivity index (χ1) is 12.0. The van der Waals surface area contributed by atoms with Gasteiger partial charge in [-0.05, 0) is 43.4 Å². The first-order valence-corrected chi connectivity index (χ1v) is 8.66. The van der Waals surface area contributed by atoms with Crippen LogP contribution in [0.1, 0.15) is 31.7 Å². The van der Waals surface area contributed by atoms with E-state index in [2.05, 4.69) is 10.6 Å². The van der Waals surface area contributed by atoms with Crippen molar-refractivity contribution in [2.75, 3.05) is 29.9 Å². The van der Waals surface area contributed by atoms with E-state index in [9.17, 15) is 14.4 Å². The second-order valence-corrected chi connectivity index (χ2v) is 6.42. The zero-order valence-electron chi connectivity index (χ0n) is 14.3. The van der Waals surface area contributed by atoms with Crippen LogP contribution in [-0.2, 0) is 25.5 Å². The molecule has 3 rings (SSSR count). The summed E-state index contributed by atoms with van der Waals surface area (Å²) in [4.78, 5) is 37.5. The van der Waals surface area contributed by atoms with Crippen molar-refractivity contribution in [1.29, 1.82) is 0 Å². The number of amides is 3. The van der Waals surface area contributed by atoms with Gasteiger partial charge in [0, 0.05) is 38.0 Å². The highest BCUT2D eigenvalue weighted by Gasteiger charge is 2.22. The summed E-state index contributed by atoms with van der Waals surface area (Å²) in [6.45, 7) is 3.24. The maximum Gasteiger partial charge on any atom is 0.313 e. The number of hydrogen-bond donors (Lipinski definition) is 2. The van der Waals surface area contributed by atoms with E-state index in [1.807, 2.05) is 6.07 Å². The molecule has 7 heteroatoms. The van der Waals surface area contributed by atoms with Crippen LogP contribution in [0.25, 0.3) is 0 Å². The maximum atomic E-state index is 12.1.